The molecule has 0 radical (unpaired) electrons. The summed E-state index contributed by atoms with van der Waals surface area (Å²) >= 11 is 0. The highest BCUT2D eigenvalue weighted by molar-refractivity contribution is 7.92. The van der Waals surface area contributed by atoms with Gasteiger partial charge >= 0.3 is 0 Å². The molecule has 26 heavy (non-hydrogen) atoms. The monoisotopic (exact) mass is 370 g/mol. The molecule has 3 rings (SSSR count). The summed E-state index contributed by atoms with van der Waals surface area (Å²) in [5.74, 6) is -0.613. The Morgan fingerprint density at radius 2 is 1.65 bits per heavy atom. The second-order valence-electron chi connectivity index (χ2n) is 5.79. The van der Waals surface area contributed by atoms with Crippen LogP contribution in [0.1, 0.15) is 21.7 Å². The molecule has 1 heterocycles. The maximum Gasteiger partial charge on any atom is 0.262 e. The number of hydrogen-bond donors (Lipinski definition) is 2. The van der Waals surface area contributed by atoms with Gasteiger partial charge in [-0.15, -0.1) is 0 Å². The minimum Gasteiger partial charge on any atom is -0.366 e. The molecule has 3 aromatic rings. The van der Waals surface area contributed by atoms with E-state index in [9.17, 15) is 13.2 Å². The van der Waals surface area contributed by atoms with E-state index < -0.39 is 15.9 Å². The average Bonchev–Trinajstić information content (AvgIpc) is 2.90. The van der Waals surface area contributed by atoms with Gasteiger partial charge < -0.3 is 5.73 Å². The quantitative estimate of drug-likeness (QED) is 0.719. The molecule has 0 spiro atoms. The Hall–Kier alpha value is -3.13. The summed E-state index contributed by atoms with van der Waals surface area (Å²) in [4.78, 5) is 11.2. The molecule has 0 aliphatic carbocycles. The molecule has 0 saturated heterocycles. The molecule has 134 valence electrons. The van der Waals surface area contributed by atoms with Crippen molar-refractivity contribution in [2.45, 2.75) is 18.7 Å². The molecule has 0 saturated carbocycles. The summed E-state index contributed by atoms with van der Waals surface area (Å²) in [5, 5.41) is 4.42. The molecule has 0 aliphatic rings. The van der Waals surface area contributed by atoms with Crippen molar-refractivity contribution < 1.29 is 13.2 Å². The van der Waals surface area contributed by atoms with Crippen molar-refractivity contribution in [2.24, 2.45) is 5.73 Å². The van der Waals surface area contributed by atoms with Gasteiger partial charge in [-0.05, 0) is 50.2 Å². The molecule has 2 aromatic carbocycles. The van der Waals surface area contributed by atoms with Gasteiger partial charge in [0.2, 0.25) is 5.91 Å². The van der Waals surface area contributed by atoms with Gasteiger partial charge in [0.1, 0.15) is 0 Å². The first kappa shape index (κ1) is 17.7. The minimum absolute atomic E-state index is 0.0359. The number of hydrogen-bond acceptors (Lipinski definition) is 4. The summed E-state index contributed by atoms with van der Waals surface area (Å²) in [7, 11) is -3.83. The lowest BCUT2D eigenvalue weighted by molar-refractivity contribution is 0.1000. The van der Waals surface area contributed by atoms with E-state index in [1.807, 2.05) is 30.3 Å². The molecule has 7 nitrogen and oxygen atoms in total. The molecule has 0 fully saturated rings. The van der Waals surface area contributed by atoms with Crippen LogP contribution in [0.15, 0.2) is 59.5 Å². The Morgan fingerprint density at radius 3 is 2.23 bits per heavy atom. The maximum atomic E-state index is 12.7. The molecule has 0 unspecified atom stereocenters. The van der Waals surface area contributed by atoms with Crippen LogP contribution < -0.4 is 10.5 Å². The van der Waals surface area contributed by atoms with Crippen molar-refractivity contribution >= 4 is 21.6 Å². The number of primary amides is 1. The number of sulfonamides is 1. The van der Waals surface area contributed by atoms with E-state index in [1.165, 1.54) is 24.3 Å². The maximum absolute atomic E-state index is 12.7. The van der Waals surface area contributed by atoms with Crippen LogP contribution in [0, 0.1) is 13.8 Å². The molecular weight excluding hydrogens is 352 g/mol. The van der Waals surface area contributed by atoms with Gasteiger partial charge in [0.15, 0.2) is 0 Å². The fraction of sp³-hybridized carbons (Fsp3) is 0.111. The highest BCUT2D eigenvalue weighted by atomic mass is 32.2. The van der Waals surface area contributed by atoms with Crippen molar-refractivity contribution in [3.05, 3.63) is 71.5 Å². The number of aryl methyl sites for hydroxylation is 1. The zero-order chi connectivity index (χ0) is 18.9. The van der Waals surface area contributed by atoms with Crippen LogP contribution >= 0.6 is 0 Å². The zero-order valence-electron chi connectivity index (χ0n) is 14.3. The van der Waals surface area contributed by atoms with Gasteiger partial charge in [-0.1, -0.05) is 18.2 Å². The summed E-state index contributed by atoms with van der Waals surface area (Å²) in [6, 6.07) is 14.9. The molecule has 0 aliphatic heterocycles. The van der Waals surface area contributed by atoms with Crippen LogP contribution in [0.3, 0.4) is 0 Å². The van der Waals surface area contributed by atoms with Crippen LogP contribution in [-0.4, -0.2) is 24.1 Å². The molecular formula is C18H18N4O3S. The average molecular weight is 370 g/mol. The van der Waals surface area contributed by atoms with E-state index in [4.69, 9.17) is 5.73 Å². The number of carbonyl (C=O) groups excluding carboxylic acids is 1. The number of rotatable bonds is 5. The van der Waals surface area contributed by atoms with Gasteiger partial charge in [0, 0.05) is 5.56 Å². The lowest BCUT2D eigenvalue weighted by Crippen LogP contribution is -2.15. The van der Waals surface area contributed by atoms with E-state index in [1.54, 1.807) is 18.5 Å². The van der Waals surface area contributed by atoms with Crippen LogP contribution in [0.2, 0.25) is 0 Å². The van der Waals surface area contributed by atoms with Gasteiger partial charge in [0.05, 0.1) is 27.7 Å². The van der Waals surface area contributed by atoms with Gasteiger partial charge in [0.25, 0.3) is 10.0 Å². The topological polar surface area (TPSA) is 107 Å². The summed E-state index contributed by atoms with van der Waals surface area (Å²) < 4.78 is 29.6. The zero-order valence-corrected chi connectivity index (χ0v) is 15.1. The van der Waals surface area contributed by atoms with E-state index in [0.29, 0.717) is 17.1 Å². The van der Waals surface area contributed by atoms with Crippen molar-refractivity contribution in [2.75, 3.05) is 4.72 Å². The number of nitrogens with zero attached hydrogens (tertiary/aromatic N) is 2. The highest BCUT2D eigenvalue weighted by Gasteiger charge is 2.20. The fourth-order valence-corrected chi connectivity index (χ4v) is 3.78. The Kier molecular flexibility index (Phi) is 4.52. The van der Waals surface area contributed by atoms with Crippen LogP contribution in [0.5, 0.6) is 0 Å². The van der Waals surface area contributed by atoms with Crippen LogP contribution in [-0.2, 0) is 10.0 Å². The SMILES string of the molecule is Cc1nn(-c2ccccc2)c(C)c1NS(=O)(=O)c1ccc(C(N)=O)cc1. The van der Waals surface area contributed by atoms with E-state index in [-0.39, 0.29) is 10.5 Å². The van der Waals surface area contributed by atoms with Gasteiger partial charge in [-0.2, -0.15) is 5.10 Å². The number of carbonyl (C=O) groups is 1. The molecule has 1 amide bonds. The first-order chi connectivity index (χ1) is 12.3. The van der Waals surface area contributed by atoms with E-state index >= 15 is 0 Å². The number of anilines is 1. The number of nitrogens with one attached hydrogen (secondary N) is 1. The van der Waals surface area contributed by atoms with Crippen molar-refractivity contribution in [1.82, 2.24) is 9.78 Å². The van der Waals surface area contributed by atoms with Gasteiger partial charge in [-0.3, -0.25) is 9.52 Å². The highest BCUT2D eigenvalue weighted by Crippen LogP contribution is 2.25. The lowest BCUT2D eigenvalue weighted by atomic mass is 10.2. The van der Waals surface area contributed by atoms with Gasteiger partial charge in [-0.25, -0.2) is 13.1 Å². The number of aromatic nitrogens is 2. The third-order valence-corrected chi connectivity index (χ3v) is 5.34. The van der Waals surface area contributed by atoms with Crippen molar-refractivity contribution in [1.29, 1.82) is 0 Å². The molecule has 3 N–H and O–H groups in total. The summed E-state index contributed by atoms with van der Waals surface area (Å²) in [6.07, 6.45) is 0. The van der Waals surface area contributed by atoms with E-state index in [0.717, 1.165) is 5.69 Å². The molecule has 0 atom stereocenters. The second-order valence-corrected chi connectivity index (χ2v) is 7.47. The minimum atomic E-state index is -3.83. The van der Waals surface area contributed by atoms with Crippen LogP contribution in [0.25, 0.3) is 5.69 Å². The molecule has 0 bridgehead atoms. The Bertz CT molecular complexity index is 1060. The molecule has 8 heteroatoms. The lowest BCUT2D eigenvalue weighted by Gasteiger charge is -2.09. The summed E-state index contributed by atoms with van der Waals surface area (Å²) in [6.45, 7) is 3.53. The fourth-order valence-electron chi connectivity index (χ4n) is 2.60. The largest absolute Gasteiger partial charge is 0.366 e. The van der Waals surface area contributed by atoms with Crippen molar-refractivity contribution in [3.63, 3.8) is 0 Å². The standard InChI is InChI=1S/C18H18N4O3S/c1-12-17(13(2)22(20-12)15-6-4-3-5-7-15)21-26(24,25)16-10-8-14(9-11-16)18(19)23/h3-11,21H,1-2H3,(H2,19,23). The number of amides is 1. The Balaban J connectivity index is 1.95. The smallest absolute Gasteiger partial charge is 0.262 e. The van der Waals surface area contributed by atoms with E-state index in [2.05, 4.69) is 9.82 Å². The second kappa shape index (κ2) is 6.64. The predicted octanol–water partition coefficient (Wildman–Crippen LogP) is 2.39. The Labute approximate surface area is 151 Å². The first-order valence-corrected chi connectivity index (χ1v) is 9.32. The van der Waals surface area contributed by atoms with Crippen molar-refractivity contribution in [3.8, 4) is 5.69 Å². The first-order valence-electron chi connectivity index (χ1n) is 7.84. The Morgan fingerprint density at radius 1 is 1.04 bits per heavy atom. The predicted molar refractivity (Wildman–Crippen MR) is 98.8 cm³/mol. The van der Waals surface area contributed by atoms with Crippen LogP contribution in [0.4, 0.5) is 5.69 Å². The third kappa shape index (κ3) is 3.31. The normalized spacial score (nSPS) is 11.3. The molecule has 1 aromatic heterocycles. The number of benzene rings is 2. The summed E-state index contributed by atoms with van der Waals surface area (Å²) in [5.41, 5.74) is 7.92. The number of para-hydroxylation sites is 1. The third-order valence-electron chi connectivity index (χ3n) is 3.98. The number of nitrogens with two attached hydrogens (primary N) is 1.